The van der Waals surface area contributed by atoms with Gasteiger partial charge in [0.2, 0.25) is 0 Å². The summed E-state index contributed by atoms with van der Waals surface area (Å²) in [5.41, 5.74) is 1.43. The van der Waals surface area contributed by atoms with Crippen molar-refractivity contribution in [1.29, 1.82) is 0 Å². The van der Waals surface area contributed by atoms with E-state index in [0.29, 0.717) is 23.0 Å². The van der Waals surface area contributed by atoms with Gasteiger partial charge < -0.3 is 4.43 Å². The Morgan fingerprint density at radius 3 is 1.70 bits per heavy atom. The van der Waals surface area contributed by atoms with Gasteiger partial charge in [-0.3, -0.25) is 4.79 Å². The second kappa shape index (κ2) is 9.59. The fraction of sp³-hybridized carbons (Fsp3) is 0.941. The molecule has 0 aliphatic carbocycles. The predicted molar refractivity (Wildman–Crippen MR) is 90.5 cm³/mol. The molecule has 0 aromatic carbocycles. The Labute approximate surface area is 127 Å². The molecule has 0 aliphatic heterocycles. The number of hydrogen-bond donors (Lipinski definition) is 0. The first kappa shape index (κ1) is 19.7. The SMILES string of the molecule is CCCCCCCC(=O)O[Si](C(C)C)(C(C)C)C(C)C. The lowest BCUT2D eigenvalue weighted by Gasteiger charge is -2.41. The Bertz CT molecular complexity index is 250. The van der Waals surface area contributed by atoms with Crippen LogP contribution in [0.15, 0.2) is 0 Å². The molecule has 0 aromatic heterocycles. The third-order valence-electron chi connectivity index (χ3n) is 4.48. The van der Waals surface area contributed by atoms with Crippen molar-refractivity contribution in [1.82, 2.24) is 0 Å². The molecule has 3 heteroatoms. The maximum atomic E-state index is 12.2. The van der Waals surface area contributed by atoms with Crippen molar-refractivity contribution in [2.45, 2.75) is 104 Å². The highest BCUT2D eigenvalue weighted by molar-refractivity contribution is 6.78. The smallest absolute Gasteiger partial charge is 0.292 e. The lowest BCUT2D eigenvalue weighted by molar-refractivity contribution is -0.135. The molecule has 0 N–H and O–H groups in total. The molecule has 0 amide bonds. The first-order valence-corrected chi connectivity index (χ1v) is 10.6. The number of carbonyl (C=O) groups excluding carboxylic acids is 1. The minimum atomic E-state index is -2.02. The zero-order valence-corrected chi connectivity index (χ0v) is 15.8. The zero-order valence-electron chi connectivity index (χ0n) is 14.8. The van der Waals surface area contributed by atoms with E-state index in [4.69, 9.17) is 4.43 Å². The molecule has 0 saturated carbocycles. The number of unbranched alkanes of at least 4 members (excludes halogenated alkanes) is 4. The molecule has 0 saturated heterocycles. The van der Waals surface area contributed by atoms with Crippen LogP contribution in [0, 0.1) is 0 Å². The molecule has 120 valence electrons. The van der Waals surface area contributed by atoms with E-state index in [1.54, 1.807) is 0 Å². The summed E-state index contributed by atoms with van der Waals surface area (Å²) in [5, 5.41) is 0. The summed E-state index contributed by atoms with van der Waals surface area (Å²) in [5.74, 6) is 0.0456. The Kier molecular flexibility index (Phi) is 9.44. The average Bonchev–Trinajstić information content (AvgIpc) is 2.34. The van der Waals surface area contributed by atoms with Gasteiger partial charge in [-0.15, -0.1) is 0 Å². The molecule has 0 bridgehead atoms. The largest absolute Gasteiger partial charge is 0.518 e. The van der Waals surface area contributed by atoms with Crippen LogP contribution < -0.4 is 0 Å². The van der Waals surface area contributed by atoms with Crippen LogP contribution in [-0.2, 0) is 9.22 Å². The van der Waals surface area contributed by atoms with E-state index in [-0.39, 0.29) is 5.97 Å². The van der Waals surface area contributed by atoms with Crippen LogP contribution in [0.25, 0.3) is 0 Å². The highest BCUT2D eigenvalue weighted by atomic mass is 28.4. The Morgan fingerprint density at radius 1 is 0.850 bits per heavy atom. The fourth-order valence-corrected chi connectivity index (χ4v) is 8.68. The van der Waals surface area contributed by atoms with Gasteiger partial charge in [0.15, 0.2) is 0 Å². The minimum Gasteiger partial charge on any atom is -0.518 e. The lowest BCUT2D eigenvalue weighted by Crippen LogP contribution is -2.49. The van der Waals surface area contributed by atoms with Gasteiger partial charge in [-0.1, -0.05) is 74.1 Å². The molecule has 0 radical (unpaired) electrons. The van der Waals surface area contributed by atoms with Gasteiger partial charge in [0.25, 0.3) is 14.3 Å². The van der Waals surface area contributed by atoms with Gasteiger partial charge in [-0.25, -0.2) is 0 Å². The van der Waals surface area contributed by atoms with Crippen molar-refractivity contribution < 1.29 is 9.22 Å². The van der Waals surface area contributed by atoms with E-state index >= 15 is 0 Å². The van der Waals surface area contributed by atoms with Crippen LogP contribution in [0.2, 0.25) is 16.6 Å². The summed E-state index contributed by atoms with van der Waals surface area (Å²) in [6.45, 7) is 15.5. The second-order valence-corrected chi connectivity index (χ2v) is 12.3. The van der Waals surface area contributed by atoms with Crippen LogP contribution in [0.3, 0.4) is 0 Å². The van der Waals surface area contributed by atoms with E-state index in [1.165, 1.54) is 19.3 Å². The first-order chi connectivity index (χ1) is 9.28. The van der Waals surface area contributed by atoms with E-state index < -0.39 is 8.32 Å². The Hall–Kier alpha value is -0.313. The molecule has 0 aliphatic rings. The average molecular weight is 301 g/mol. The first-order valence-electron chi connectivity index (χ1n) is 8.50. The van der Waals surface area contributed by atoms with Gasteiger partial charge in [0.1, 0.15) is 0 Å². The van der Waals surface area contributed by atoms with Gasteiger partial charge in [-0.2, -0.15) is 0 Å². The monoisotopic (exact) mass is 300 g/mol. The lowest BCUT2D eigenvalue weighted by atomic mass is 10.1. The van der Waals surface area contributed by atoms with Crippen molar-refractivity contribution in [3.05, 3.63) is 0 Å². The molecule has 0 unspecified atom stereocenters. The van der Waals surface area contributed by atoms with E-state index in [9.17, 15) is 4.79 Å². The molecule has 0 heterocycles. The summed E-state index contributed by atoms with van der Waals surface area (Å²) in [7, 11) is -2.02. The standard InChI is InChI=1S/C17H36O2Si/c1-8-9-10-11-12-13-17(18)19-20(14(2)3,15(4)5)16(6)7/h14-16H,8-13H2,1-7H3. The summed E-state index contributed by atoms with van der Waals surface area (Å²) in [4.78, 5) is 12.2. The maximum absolute atomic E-state index is 12.2. The highest BCUT2D eigenvalue weighted by Crippen LogP contribution is 2.42. The molecular formula is C17H36O2Si. The zero-order chi connectivity index (χ0) is 15.8. The topological polar surface area (TPSA) is 26.3 Å². The molecule has 0 fully saturated rings. The van der Waals surface area contributed by atoms with Crippen molar-refractivity contribution >= 4 is 14.3 Å². The number of rotatable bonds is 10. The van der Waals surface area contributed by atoms with Crippen molar-refractivity contribution in [2.75, 3.05) is 0 Å². The van der Waals surface area contributed by atoms with Crippen molar-refractivity contribution in [3.63, 3.8) is 0 Å². The summed E-state index contributed by atoms with van der Waals surface area (Å²) >= 11 is 0. The third kappa shape index (κ3) is 5.59. The number of hydrogen-bond acceptors (Lipinski definition) is 2. The highest BCUT2D eigenvalue weighted by Gasteiger charge is 2.47. The predicted octanol–water partition coefficient (Wildman–Crippen LogP) is 6.07. The van der Waals surface area contributed by atoms with Crippen LogP contribution in [0.5, 0.6) is 0 Å². The van der Waals surface area contributed by atoms with Crippen LogP contribution >= 0.6 is 0 Å². The van der Waals surface area contributed by atoms with E-state index in [2.05, 4.69) is 48.5 Å². The quantitative estimate of drug-likeness (QED) is 0.362. The molecule has 0 rings (SSSR count). The second-order valence-electron chi connectivity index (χ2n) is 6.96. The van der Waals surface area contributed by atoms with Crippen LogP contribution in [-0.4, -0.2) is 14.3 Å². The summed E-state index contributed by atoms with van der Waals surface area (Å²) in [6.07, 6.45) is 6.50. The minimum absolute atomic E-state index is 0.0456. The fourth-order valence-electron chi connectivity index (χ4n) is 3.47. The molecule has 0 aromatic rings. The van der Waals surface area contributed by atoms with Crippen molar-refractivity contribution in [3.8, 4) is 0 Å². The van der Waals surface area contributed by atoms with E-state index in [0.717, 1.165) is 12.8 Å². The van der Waals surface area contributed by atoms with Gasteiger partial charge in [0.05, 0.1) is 0 Å². The van der Waals surface area contributed by atoms with Gasteiger partial charge >= 0.3 is 0 Å². The molecule has 0 atom stereocenters. The number of carbonyl (C=O) groups is 1. The Balaban J connectivity index is 4.48. The molecule has 0 spiro atoms. The molecular weight excluding hydrogens is 264 g/mol. The van der Waals surface area contributed by atoms with Gasteiger partial charge in [-0.05, 0) is 23.0 Å². The Morgan fingerprint density at radius 2 is 1.30 bits per heavy atom. The summed E-state index contributed by atoms with van der Waals surface area (Å²) in [6, 6.07) is 0. The molecule has 20 heavy (non-hydrogen) atoms. The van der Waals surface area contributed by atoms with Crippen LogP contribution in [0.4, 0.5) is 0 Å². The van der Waals surface area contributed by atoms with Crippen LogP contribution in [0.1, 0.15) is 87.0 Å². The third-order valence-corrected chi connectivity index (χ3v) is 10.5. The van der Waals surface area contributed by atoms with Crippen molar-refractivity contribution in [2.24, 2.45) is 0 Å². The normalized spacial score (nSPS) is 12.5. The summed E-state index contributed by atoms with van der Waals surface area (Å²) < 4.78 is 6.13. The molecule has 2 nitrogen and oxygen atoms in total. The van der Waals surface area contributed by atoms with Gasteiger partial charge in [0, 0.05) is 6.42 Å². The van der Waals surface area contributed by atoms with E-state index in [1.807, 2.05) is 0 Å². The maximum Gasteiger partial charge on any atom is 0.292 e.